The van der Waals surface area contributed by atoms with Gasteiger partial charge in [-0.25, -0.2) is 12.7 Å². The van der Waals surface area contributed by atoms with E-state index in [1.54, 1.807) is 4.90 Å². The molecule has 8 heteroatoms. The minimum atomic E-state index is -3.21. The van der Waals surface area contributed by atoms with Gasteiger partial charge in [-0.05, 0) is 25.7 Å². The molecule has 2 aliphatic rings. The van der Waals surface area contributed by atoms with E-state index in [-0.39, 0.29) is 23.8 Å². The lowest BCUT2D eigenvalue weighted by Gasteiger charge is -2.35. The average Bonchev–Trinajstić information content (AvgIpc) is 2.46. The van der Waals surface area contributed by atoms with Crippen LogP contribution in [0.4, 0.5) is 0 Å². The zero-order valence-corrected chi connectivity index (χ0v) is 14.1. The fourth-order valence-corrected chi connectivity index (χ4v) is 4.07. The van der Waals surface area contributed by atoms with Crippen LogP contribution in [0.1, 0.15) is 32.6 Å². The van der Waals surface area contributed by atoms with E-state index in [2.05, 4.69) is 5.32 Å². The number of piperidine rings is 2. The number of likely N-dealkylation sites (tertiary alicyclic amines) is 1. The molecular formula is C14H25N3O4S. The first-order valence-corrected chi connectivity index (χ1v) is 9.63. The molecule has 2 rings (SSSR count). The molecule has 0 aromatic heterocycles. The van der Waals surface area contributed by atoms with Crippen LogP contribution in [0.2, 0.25) is 0 Å². The predicted molar refractivity (Wildman–Crippen MR) is 82.6 cm³/mol. The Morgan fingerprint density at radius 3 is 2.41 bits per heavy atom. The van der Waals surface area contributed by atoms with E-state index in [1.165, 1.54) is 17.5 Å². The molecule has 0 saturated carbocycles. The van der Waals surface area contributed by atoms with Crippen molar-refractivity contribution in [1.29, 1.82) is 0 Å². The number of nitrogens with one attached hydrogen (secondary N) is 1. The summed E-state index contributed by atoms with van der Waals surface area (Å²) in [5, 5.41) is 2.97. The SMILES string of the molecule is CC(=O)N1CCC[C@@H](C(=O)N[C@H]2CCCN(S(C)(=O)=O)C2)C1. The second-order valence-corrected chi connectivity index (χ2v) is 8.26. The Hall–Kier alpha value is -1.15. The highest BCUT2D eigenvalue weighted by Gasteiger charge is 2.31. The van der Waals surface area contributed by atoms with Crippen molar-refractivity contribution in [3.63, 3.8) is 0 Å². The first kappa shape index (κ1) is 17.2. The monoisotopic (exact) mass is 331 g/mol. The van der Waals surface area contributed by atoms with E-state index in [0.717, 1.165) is 25.7 Å². The van der Waals surface area contributed by atoms with Crippen molar-refractivity contribution < 1.29 is 18.0 Å². The summed E-state index contributed by atoms with van der Waals surface area (Å²) in [6, 6.07) is -0.135. The Labute approximate surface area is 132 Å². The number of rotatable bonds is 3. The van der Waals surface area contributed by atoms with Crippen molar-refractivity contribution in [2.45, 2.75) is 38.6 Å². The predicted octanol–water partition coefficient (Wildman–Crippen LogP) is -0.215. The van der Waals surface area contributed by atoms with Crippen LogP contribution in [-0.2, 0) is 19.6 Å². The van der Waals surface area contributed by atoms with Gasteiger partial charge in [0, 0.05) is 39.1 Å². The first-order valence-electron chi connectivity index (χ1n) is 7.78. The minimum Gasteiger partial charge on any atom is -0.352 e. The van der Waals surface area contributed by atoms with Gasteiger partial charge in [0.05, 0.1) is 12.2 Å². The molecule has 0 spiro atoms. The van der Waals surface area contributed by atoms with Gasteiger partial charge in [-0.15, -0.1) is 0 Å². The molecule has 7 nitrogen and oxygen atoms in total. The second-order valence-electron chi connectivity index (χ2n) is 6.27. The Balaban J connectivity index is 1.90. The fraction of sp³-hybridized carbons (Fsp3) is 0.857. The molecule has 2 aliphatic heterocycles. The normalized spacial score (nSPS) is 27.5. The van der Waals surface area contributed by atoms with Gasteiger partial charge in [0.15, 0.2) is 0 Å². The van der Waals surface area contributed by atoms with Crippen LogP contribution < -0.4 is 5.32 Å². The van der Waals surface area contributed by atoms with Gasteiger partial charge in [-0.1, -0.05) is 0 Å². The molecule has 1 N–H and O–H groups in total. The molecule has 2 heterocycles. The molecule has 2 saturated heterocycles. The standard InChI is InChI=1S/C14H25N3O4S/c1-11(18)16-7-3-5-12(9-16)14(19)15-13-6-4-8-17(10-13)22(2,20)21/h12-13H,3-10H2,1-2H3,(H,15,19)/t12-,13+/m1/s1. The quantitative estimate of drug-likeness (QED) is 0.775. The largest absolute Gasteiger partial charge is 0.352 e. The fourth-order valence-electron chi connectivity index (χ4n) is 3.16. The molecule has 22 heavy (non-hydrogen) atoms. The van der Waals surface area contributed by atoms with Gasteiger partial charge < -0.3 is 10.2 Å². The summed E-state index contributed by atoms with van der Waals surface area (Å²) in [6.07, 6.45) is 4.35. The molecule has 0 bridgehead atoms. The average molecular weight is 331 g/mol. The van der Waals surface area contributed by atoms with Crippen LogP contribution >= 0.6 is 0 Å². The van der Waals surface area contributed by atoms with Gasteiger partial charge >= 0.3 is 0 Å². The summed E-state index contributed by atoms with van der Waals surface area (Å²) in [5.41, 5.74) is 0. The van der Waals surface area contributed by atoms with Gasteiger partial charge in [-0.2, -0.15) is 0 Å². The van der Waals surface area contributed by atoms with E-state index < -0.39 is 10.0 Å². The molecular weight excluding hydrogens is 306 g/mol. The van der Waals surface area contributed by atoms with Crippen molar-refractivity contribution in [3.8, 4) is 0 Å². The van der Waals surface area contributed by atoms with Crippen LogP contribution in [0.15, 0.2) is 0 Å². The molecule has 0 aromatic carbocycles. The number of amides is 2. The molecule has 0 unspecified atom stereocenters. The van der Waals surface area contributed by atoms with Gasteiger partial charge in [0.2, 0.25) is 21.8 Å². The van der Waals surface area contributed by atoms with Crippen molar-refractivity contribution in [2.75, 3.05) is 32.4 Å². The molecule has 0 aliphatic carbocycles. The molecule has 0 radical (unpaired) electrons. The summed E-state index contributed by atoms with van der Waals surface area (Å²) < 4.78 is 24.6. The number of hydrogen-bond acceptors (Lipinski definition) is 4. The highest BCUT2D eigenvalue weighted by atomic mass is 32.2. The third kappa shape index (κ3) is 4.42. The van der Waals surface area contributed by atoms with Gasteiger partial charge in [0.1, 0.15) is 0 Å². The van der Waals surface area contributed by atoms with E-state index in [4.69, 9.17) is 0 Å². The zero-order valence-electron chi connectivity index (χ0n) is 13.2. The summed E-state index contributed by atoms with van der Waals surface area (Å²) in [5.74, 6) is -0.254. The lowest BCUT2D eigenvalue weighted by molar-refractivity contribution is -0.134. The van der Waals surface area contributed by atoms with Crippen LogP contribution in [0.3, 0.4) is 0 Å². The minimum absolute atomic E-state index is 0.00146. The van der Waals surface area contributed by atoms with Gasteiger partial charge in [0.25, 0.3) is 0 Å². The lowest BCUT2D eigenvalue weighted by Crippen LogP contribution is -2.52. The molecule has 0 aromatic rings. The first-order chi connectivity index (χ1) is 10.3. The Morgan fingerprint density at radius 2 is 1.77 bits per heavy atom. The number of hydrogen-bond donors (Lipinski definition) is 1. The van der Waals surface area contributed by atoms with Crippen LogP contribution in [0.5, 0.6) is 0 Å². The molecule has 2 amide bonds. The van der Waals surface area contributed by atoms with Crippen LogP contribution in [0.25, 0.3) is 0 Å². The molecule has 2 atom stereocenters. The summed E-state index contributed by atoms with van der Waals surface area (Å²) in [6.45, 7) is 3.56. The van der Waals surface area contributed by atoms with E-state index in [9.17, 15) is 18.0 Å². The Kier molecular flexibility index (Phi) is 5.44. The summed E-state index contributed by atoms with van der Waals surface area (Å²) in [7, 11) is -3.21. The topological polar surface area (TPSA) is 86.8 Å². The van der Waals surface area contributed by atoms with Crippen molar-refractivity contribution >= 4 is 21.8 Å². The van der Waals surface area contributed by atoms with E-state index in [0.29, 0.717) is 26.2 Å². The number of nitrogens with zero attached hydrogens (tertiary/aromatic N) is 2. The third-order valence-corrected chi connectivity index (χ3v) is 5.71. The van der Waals surface area contributed by atoms with Gasteiger partial charge in [-0.3, -0.25) is 9.59 Å². The van der Waals surface area contributed by atoms with Crippen molar-refractivity contribution in [2.24, 2.45) is 5.92 Å². The Morgan fingerprint density at radius 1 is 1.09 bits per heavy atom. The van der Waals surface area contributed by atoms with Crippen LogP contribution in [0, 0.1) is 5.92 Å². The summed E-state index contributed by atoms with van der Waals surface area (Å²) in [4.78, 5) is 25.5. The summed E-state index contributed by atoms with van der Waals surface area (Å²) >= 11 is 0. The maximum absolute atomic E-state index is 12.4. The van der Waals surface area contributed by atoms with E-state index in [1.807, 2.05) is 0 Å². The molecule has 2 fully saturated rings. The maximum atomic E-state index is 12.4. The third-order valence-electron chi connectivity index (χ3n) is 4.44. The highest BCUT2D eigenvalue weighted by molar-refractivity contribution is 7.88. The van der Waals surface area contributed by atoms with E-state index >= 15 is 0 Å². The number of carbonyl (C=O) groups excluding carboxylic acids is 2. The number of sulfonamides is 1. The lowest BCUT2D eigenvalue weighted by atomic mass is 9.96. The van der Waals surface area contributed by atoms with Crippen molar-refractivity contribution in [1.82, 2.24) is 14.5 Å². The maximum Gasteiger partial charge on any atom is 0.225 e. The zero-order chi connectivity index (χ0) is 16.3. The van der Waals surface area contributed by atoms with Crippen LogP contribution in [-0.4, -0.2) is 67.9 Å². The smallest absolute Gasteiger partial charge is 0.225 e. The highest BCUT2D eigenvalue weighted by Crippen LogP contribution is 2.18. The molecule has 126 valence electrons. The Bertz CT molecular complexity index is 534. The second kappa shape index (κ2) is 6.95. The number of carbonyl (C=O) groups is 2. The van der Waals surface area contributed by atoms with Crippen molar-refractivity contribution in [3.05, 3.63) is 0 Å².